The molecule has 160 valence electrons. The third kappa shape index (κ3) is 5.93. The van der Waals surface area contributed by atoms with Crippen molar-refractivity contribution < 1.29 is 17.9 Å². The van der Waals surface area contributed by atoms with Gasteiger partial charge in [-0.1, -0.05) is 36.4 Å². The summed E-state index contributed by atoms with van der Waals surface area (Å²) >= 11 is 0. The number of anilines is 2. The Hall–Kier alpha value is -3.16. The molecule has 2 N–H and O–H groups in total. The number of benzene rings is 3. The van der Waals surface area contributed by atoms with Crippen LogP contribution in [0.3, 0.4) is 0 Å². The molecule has 0 radical (unpaired) electrons. The average Bonchev–Trinajstić information content (AvgIpc) is 3.59. The maximum absolute atomic E-state index is 12.7. The standard InChI is InChI=1S/C24H24N2O4S/c27-24(25-21-8-4-6-19(14-21)17-30-16-18-12-13-18)20-7-5-9-22(15-20)26-31(28,29)23-10-2-1-3-11-23/h1-11,14-15,18,26H,12-13,16-17H2,(H,25,27). The highest BCUT2D eigenvalue weighted by Crippen LogP contribution is 2.29. The lowest BCUT2D eigenvalue weighted by molar-refractivity contribution is 0.102. The molecular formula is C24H24N2O4S. The number of amides is 1. The number of rotatable bonds is 9. The number of sulfonamides is 1. The summed E-state index contributed by atoms with van der Waals surface area (Å²) < 4.78 is 33.3. The molecule has 0 atom stereocenters. The fourth-order valence-corrected chi connectivity index (χ4v) is 4.18. The maximum atomic E-state index is 12.7. The second-order valence-corrected chi connectivity index (χ2v) is 9.29. The highest BCUT2D eigenvalue weighted by atomic mass is 32.2. The van der Waals surface area contributed by atoms with Crippen molar-refractivity contribution in [3.05, 3.63) is 90.0 Å². The largest absolute Gasteiger partial charge is 0.376 e. The van der Waals surface area contributed by atoms with Gasteiger partial charge in [-0.05, 0) is 66.8 Å². The van der Waals surface area contributed by atoms with Crippen LogP contribution in [0.15, 0.2) is 83.8 Å². The molecule has 6 nitrogen and oxygen atoms in total. The summed E-state index contributed by atoms with van der Waals surface area (Å²) in [7, 11) is -3.73. The van der Waals surface area contributed by atoms with Crippen LogP contribution in [0.1, 0.15) is 28.8 Å². The van der Waals surface area contributed by atoms with E-state index in [9.17, 15) is 13.2 Å². The SMILES string of the molecule is O=C(Nc1cccc(COCC2CC2)c1)c1cccc(NS(=O)(=O)c2ccccc2)c1. The quantitative estimate of drug-likeness (QED) is 0.511. The molecule has 1 amide bonds. The van der Waals surface area contributed by atoms with Crippen molar-refractivity contribution in [1.29, 1.82) is 0 Å². The Morgan fingerprint density at radius 1 is 0.903 bits per heavy atom. The minimum atomic E-state index is -3.73. The molecule has 1 saturated carbocycles. The Kier molecular flexibility index (Phi) is 6.34. The predicted octanol–water partition coefficient (Wildman–Crippen LogP) is 4.67. The number of hydrogen-bond donors (Lipinski definition) is 2. The zero-order valence-corrected chi connectivity index (χ0v) is 17.8. The fourth-order valence-electron chi connectivity index (χ4n) is 3.11. The van der Waals surface area contributed by atoms with Crippen molar-refractivity contribution in [3.8, 4) is 0 Å². The van der Waals surface area contributed by atoms with Crippen molar-refractivity contribution in [2.24, 2.45) is 5.92 Å². The number of ether oxygens (including phenoxy) is 1. The van der Waals surface area contributed by atoms with Gasteiger partial charge in [-0.15, -0.1) is 0 Å². The fraction of sp³-hybridized carbons (Fsp3) is 0.208. The van der Waals surface area contributed by atoms with Gasteiger partial charge in [0, 0.05) is 23.5 Å². The first-order valence-corrected chi connectivity index (χ1v) is 11.6. The van der Waals surface area contributed by atoms with Crippen LogP contribution in [0, 0.1) is 5.92 Å². The van der Waals surface area contributed by atoms with Crippen molar-refractivity contribution in [1.82, 2.24) is 0 Å². The van der Waals surface area contributed by atoms with Gasteiger partial charge in [0.25, 0.3) is 15.9 Å². The molecule has 1 aliphatic rings. The van der Waals surface area contributed by atoms with Gasteiger partial charge in [0.15, 0.2) is 0 Å². The molecule has 0 aromatic heterocycles. The van der Waals surface area contributed by atoms with Gasteiger partial charge in [0.2, 0.25) is 0 Å². The van der Waals surface area contributed by atoms with Gasteiger partial charge in [-0.25, -0.2) is 8.42 Å². The highest BCUT2D eigenvalue weighted by Gasteiger charge is 2.21. The summed E-state index contributed by atoms with van der Waals surface area (Å²) in [5, 5.41) is 2.86. The molecule has 0 bridgehead atoms. The minimum absolute atomic E-state index is 0.158. The van der Waals surface area contributed by atoms with Gasteiger partial charge >= 0.3 is 0 Å². The van der Waals surface area contributed by atoms with E-state index in [4.69, 9.17) is 4.74 Å². The molecule has 0 saturated heterocycles. The van der Waals surface area contributed by atoms with Crippen LogP contribution in [-0.2, 0) is 21.4 Å². The van der Waals surface area contributed by atoms with Crippen LogP contribution in [0.25, 0.3) is 0 Å². The highest BCUT2D eigenvalue weighted by molar-refractivity contribution is 7.92. The summed E-state index contributed by atoms with van der Waals surface area (Å²) in [6, 6.07) is 22.0. The molecule has 3 aromatic rings. The van der Waals surface area contributed by atoms with Gasteiger partial charge in [-0.2, -0.15) is 0 Å². The number of hydrogen-bond acceptors (Lipinski definition) is 4. The van der Waals surface area contributed by atoms with E-state index in [1.165, 1.54) is 31.0 Å². The van der Waals surface area contributed by atoms with Crippen LogP contribution in [0.2, 0.25) is 0 Å². The Morgan fingerprint density at radius 2 is 1.65 bits per heavy atom. The Morgan fingerprint density at radius 3 is 2.42 bits per heavy atom. The van der Waals surface area contributed by atoms with Crippen molar-refractivity contribution in [2.75, 3.05) is 16.6 Å². The second kappa shape index (κ2) is 9.32. The summed E-state index contributed by atoms with van der Waals surface area (Å²) in [6.45, 7) is 1.29. The summed E-state index contributed by atoms with van der Waals surface area (Å²) in [5.41, 5.74) is 2.32. The van der Waals surface area contributed by atoms with Crippen LogP contribution in [0.5, 0.6) is 0 Å². The molecule has 1 fully saturated rings. The predicted molar refractivity (Wildman–Crippen MR) is 120 cm³/mol. The minimum Gasteiger partial charge on any atom is -0.376 e. The zero-order chi connectivity index (χ0) is 21.7. The van der Waals surface area contributed by atoms with Gasteiger partial charge < -0.3 is 10.1 Å². The Labute approximate surface area is 182 Å². The lowest BCUT2D eigenvalue weighted by atomic mass is 10.1. The first-order chi connectivity index (χ1) is 15.0. The van der Waals surface area contributed by atoms with Crippen LogP contribution in [0.4, 0.5) is 11.4 Å². The monoisotopic (exact) mass is 436 g/mol. The molecule has 7 heteroatoms. The lowest BCUT2D eigenvalue weighted by Gasteiger charge is -2.11. The van der Waals surface area contributed by atoms with E-state index < -0.39 is 10.0 Å². The zero-order valence-electron chi connectivity index (χ0n) is 17.0. The molecular weight excluding hydrogens is 412 g/mol. The molecule has 31 heavy (non-hydrogen) atoms. The van der Waals surface area contributed by atoms with E-state index in [-0.39, 0.29) is 10.8 Å². The maximum Gasteiger partial charge on any atom is 0.261 e. The molecule has 0 heterocycles. The number of nitrogens with one attached hydrogen (secondary N) is 2. The summed E-state index contributed by atoms with van der Waals surface area (Å²) in [5.74, 6) is 0.381. The van der Waals surface area contributed by atoms with Crippen LogP contribution < -0.4 is 10.0 Å². The number of carbonyl (C=O) groups excluding carboxylic acids is 1. The van der Waals surface area contributed by atoms with Crippen LogP contribution in [-0.4, -0.2) is 20.9 Å². The Bertz CT molecular complexity index is 1160. The van der Waals surface area contributed by atoms with E-state index in [2.05, 4.69) is 10.0 Å². The lowest BCUT2D eigenvalue weighted by Crippen LogP contribution is -2.15. The third-order valence-corrected chi connectivity index (χ3v) is 6.33. The van der Waals surface area contributed by atoms with E-state index in [0.29, 0.717) is 29.5 Å². The average molecular weight is 437 g/mol. The first kappa shape index (κ1) is 21.1. The molecule has 0 aliphatic heterocycles. The summed E-state index contributed by atoms with van der Waals surface area (Å²) in [4.78, 5) is 12.9. The van der Waals surface area contributed by atoms with Gasteiger partial charge in [0.1, 0.15) is 0 Å². The van der Waals surface area contributed by atoms with Gasteiger partial charge in [0.05, 0.1) is 11.5 Å². The van der Waals surface area contributed by atoms with Crippen molar-refractivity contribution in [3.63, 3.8) is 0 Å². The topological polar surface area (TPSA) is 84.5 Å². The Balaban J connectivity index is 1.41. The normalized spacial score (nSPS) is 13.5. The molecule has 0 unspecified atom stereocenters. The van der Waals surface area contributed by atoms with E-state index in [0.717, 1.165) is 12.2 Å². The first-order valence-electron chi connectivity index (χ1n) is 10.2. The smallest absolute Gasteiger partial charge is 0.261 e. The van der Waals surface area contributed by atoms with Crippen molar-refractivity contribution >= 4 is 27.3 Å². The molecule has 4 rings (SSSR count). The number of carbonyl (C=O) groups is 1. The third-order valence-electron chi connectivity index (χ3n) is 4.93. The molecule has 3 aromatic carbocycles. The van der Waals surface area contributed by atoms with Crippen LogP contribution >= 0.6 is 0 Å². The van der Waals surface area contributed by atoms with E-state index >= 15 is 0 Å². The van der Waals surface area contributed by atoms with Gasteiger partial charge in [-0.3, -0.25) is 9.52 Å². The molecule has 1 aliphatic carbocycles. The molecule has 0 spiro atoms. The van der Waals surface area contributed by atoms with E-state index in [1.807, 2.05) is 24.3 Å². The van der Waals surface area contributed by atoms with Crippen molar-refractivity contribution in [2.45, 2.75) is 24.3 Å². The second-order valence-electron chi connectivity index (χ2n) is 7.61. The van der Waals surface area contributed by atoms with E-state index in [1.54, 1.807) is 36.4 Å². The summed E-state index contributed by atoms with van der Waals surface area (Å²) in [6.07, 6.45) is 2.49.